The second-order valence-electron chi connectivity index (χ2n) is 3.54. The quantitative estimate of drug-likeness (QED) is 0.571. The summed E-state index contributed by atoms with van der Waals surface area (Å²) in [7, 11) is 3.15. The van der Waals surface area contributed by atoms with Gasteiger partial charge in [0.05, 0.1) is 7.11 Å². The molecule has 0 atom stereocenters. The monoisotopic (exact) mass is 221 g/mol. The molecule has 1 aromatic rings. The number of benzene rings is 1. The molecule has 4 nitrogen and oxygen atoms in total. The molecule has 0 fully saturated rings. The van der Waals surface area contributed by atoms with Crippen LogP contribution in [-0.2, 0) is 9.53 Å². The zero-order chi connectivity index (χ0) is 12.1. The Balaban J connectivity index is 2.73. The van der Waals surface area contributed by atoms with Crippen molar-refractivity contribution in [2.45, 2.75) is 6.92 Å². The molecule has 0 bridgehead atoms. The third-order valence-corrected chi connectivity index (χ3v) is 2.31. The van der Waals surface area contributed by atoms with E-state index in [-0.39, 0.29) is 18.3 Å². The van der Waals surface area contributed by atoms with Crippen LogP contribution in [0.5, 0.6) is 0 Å². The average molecular weight is 221 g/mol. The molecule has 0 saturated carbocycles. The van der Waals surface area contributed by atoms with E-state index in [1.807, 2.05) is 0 Å². The summed E-state index contributed by atoms with van der Waals surface area (Å²) in [5.41, 5.74) is 1.53. The van der Waals surface area contributed by atoms with Crippen molar-refractivity contribution in [1.29, 1.82) is 0 Å². The van der Waals surface area contributed by atoms with Crippen LogP contribution in [0.15, 0.2) is 24.3 Å². The first kappa shape index (κ1) is 12.2. The summed E-state index contributed by atoms with van der Waals surface area (Å²) in [6.07, 6.45) is 0. The Morgan fingerprint density at radius 2 is 1.81 bits per heavy atom. The Labute approximate surface area is 94.8 Å². The fourth-order valence-electron chi connectivity index (χ4n) is 1.30. The van der Waals surface area contributed by atoms with E-state index in [1.54, 1.807) is 36.2 Å². The number of ketones is 1. The number of nitrogens with zero attached hydrogens (tertiary/aromatic N) is 1. The predicted octanol–water partition coefficient (Wildman–Crippen LogP) is 1.50. The van der Waals surface area contributed by atoms with Crippen LogP contribution in [0.2, 0.25) is 0 Å². The number of ether oxygens (including phenoxy) is 1. The summed E-state index contributed by atoms with van der Waals surface area (Å²) in [6, 6.07) is 7.09. The van der Waals surface area contributed by atoms with E-state index in [0.29, 0.717) is 5.56 Å². The highest BCUT2D eigenvalue weighted by Gasteiger charge is 2.07. The summed E-state index contributed by atoms with van der Waals surface area (Å²) >= 11 is 0. The zero-order valence-corrected chi connectivity index (χ0v) is 9.69. The van der Waals surface area contributed by atoms with Crippen molar-refractivity contribution in [2.75, 3.05) is 25.6 Å². The zero-order valence-electron chi connectivity index (χ0n) is 9.69. The number of hydrogen-bond donors (Lipinski definition) is 0. The first-order valence-corrected chi connectivity index (χ1v) is 4.93. The molecule has 1 aromatic carbocycles. The molecule has 16 heavy (non-hydrogen) atoms. The normalized spacial score (nSPS) is 9.69. The van der Waals surface area contributed by atoms with Crippen molar-refractivity contribution < 1.29 is 14.3 Å². The molecule has 0 aliphatic heterocycles. The van der Waals surface area contributed by atoms with Crippen LogP contribution < -0.4 is 4.90 Å². The van der Waals surface area contributed by atoms with Gasteiger partial charge in [-0.05, 0) is 31.2 Å². The Hall–Kier alpha value is -1.84. The summed E-state index contributed by atoms with van der Waals surface area (Å²) < 4.78 is 4.57. The lowest BCUT2D eigenvalue weighted by Crippen LogP contribution is -2.26. The number of carbonyl (C=O) groups excluding carboxylic acids is 2. The van der Waals surface area contributed by atoms with Gasteiger partial charge in [0.15, 0.2) is 5.78 Å². The fourth-order valence-corrected chi connectivity index (χ4v) is 1.30. The molecule has 0 amide bonds. The Kier molecular flexibility index (Phi) is 4.05. The minimum Gasteiger partial charge on any atom is -0.468 e. The lowest BCUT2D eigenvalue weighted by Gasteiger charge is -2.17. The summed E-state index contributed by atoms with van der Waals surface area (Å²) in [6.45, 7) is 1.71. The maximum absolute atomic E-state index is 11.1. The number of likely N-dealkylation sites (N-methyl/N-ethyl adjacent to an activating group) is 1. The standard InChI is InChI=1S/C12H15NO3/c1-9(14)10-4-6-11(7-5-10)13(2)8-12(15)16-3/h4-7H,8H2,1-3H3. The van der Waals surface area contributed by atoms with Gasteiger partial charge >= 0.3 is 5.97 Å². The molecule has 0 saturated heterocycles. The predicted molar refractivity (Wildman–Crippen MR) is 61.7 cm³/mol. The highest BCUT2D eigenvalue weighted by atomic mass is 16.5. The highest BCUT2D eigenvalue weighted by Crippen LogP contribution is 2.13. The van der Waals surface area contributed by atoms with Crippen LogP contribution in [0.1, 0.15) is 17.3 Å². The maximum atomic E-state index is 11.1. The van der Waals surface area contributed by atoms with Crippen molar-refractivity contribution >= 4 is 17.4 Å². The minimum atomic E-state index is -0.293. The maximum Gasteiger partial charge on any atom is 0.325 e. The van der Waals surface area contributed by atoms with Gasteiger partial charge in [-0.1, -0.05) is 0 Å². The Bertz CT molecular complexity index is 384. The fraction of sp³-hybridized carbons (Fsp3) is 0.333. The van der Waals surface area contributed by atoms with Gasteiger partial charge in [0.1, 0.15) is 6.54 Å². The summed E-state index contributed by atoms with van der Waals surface area (Å²) in [5, 5.41) is 0. The van der Waals surface area contributed by atoms with Crippen LogP contribution in [0, 0.1) is 0 Å². The lowest BCUT2D eigenvalue weighted by molar-refractivity contribution is -0.138. The van der Waals surface area contributed by atoms with Crippen LogP contribution in [0.3, 0.4) is 0 Å². The Morgan fingerprint density at radius 1 is 1.25 bits per heavy atom. The van der Waals surface area contributed by atoms with Crippen molar-refractivity contribution in [3.8, 4) is 0 Å². The van der Waals surface area contributed by atoms with Crippen molar-refractivity contribution in [3.63, 3.8) is 0 Å². The van der Waals surface area contributed by atoms with Crippen molar-refractivity contribution in [3.05, 3.63) is 29.8 Å². The smallest absolute Gasteiger partial charge is 0.325 e. The van der Waals surface area contributed by atoms with Crippen LogP contribution >= 0.6 is 0 Å². The van der Waals surface area contributed by atoms with Gasteiger partial charge in [-0.2, -0.15) is 0 Å². The van der Waals surface area contributed by atoms with Gasteiger partial charge in [0.25, 0.3) is 0 Å². The largest absolute Gasteiger partial charge is 0.468 e. The van der Waals surface area contributed by atoms with E-state index >= 15 is 0 Å². The van der Waals surface area contributed by atoms with E-state index in [9.17, 15) is 9.59 Å². The highest BCUT2D eigenvalue weighted by molar-refractivity contribution is 5.94. The van der Waals surface area contributed by atoms with E-state index in [2.05, 4.69) is 4.74 Å². The number of esters is 1. The molecule has 0 aliphatic carbocycles. The molecule has 0 aliphatic rings. The third-order valence-electron chi connectivity index (χ3n) is 2.31. The van der Waals surface area contributed by atoms with Crippen LogP contribution in [-0.4, -0.2) is 32.5 Å². The van der Waals surface area contributed by atoms with Gasteiger partial charge < -0.3 is 9.64 Å². The number of methoxy groups -OCH3 is 1. The molecule has 86 valence electrons. The topological polar surface area (TPSA) is 46.6 Å². The average Bonchev–Trinajstić information content (AvgIpc) is 2.28. The number of Topliss-reactive ketones (excluding diaryl/α,β-unsaturated/α-hetero) is 1. The van der Waals surface area contributed by atoms with Gasteiger partial charge in [-0.25, -0.2) is 0 Å². The number of anilines is 1. The van der Waals surface area contributed by atoms with E-state index in [1.165, 1.54) is 14.0 Å². The van der Waals surface area contributed by atoms with E-state index in [0.717, 1.165) is 5.69 Å². The van der Waals surface area contributed by atoms with E-state index < -0.39 is 0 Å². The summed E-state index contributed by atoms with van der Waals surface area (Å²) in [5.74, 6) is -0.264. The molecular formula is C12H15NO3. The molecular weight excluding hydrogens is 206 g/mol. The Morgan fingerprint density at radius 3 is 2.25 bits per heavy atom. The van der Waals surface area contributed by atoms with Crippen molar-refractivity contribution in [1.82, 2.24) is 0 Å². The van der Waals surface area contributed by atoms with Crippen LogP contribution in [0.25, 0.3) is 0 Å². The number of carbonyl (C=O) groups is 2. The molecule has 0 unspecified atom stereocenters. The molecule has 0 spiro atoms. The molecule has 0 N–H and O–H groups in total. The van der Waals surface area contributed by atoms with Crippen molar-refractivity contribution in [2.24, 2.45) is 0 Å². The second-order valence-corrected chi connectivity index (χ2v) is 3.54. The second kappa shape index (κ2) is 5.30. The molecule has 0 heterocycles. The summed E-state index contributed by atoms with van der Waals surface area (Å²) in [4.78, 5) is 23.9. The van der Waals surface area contributed by atoms with Gasteiger partial charge in [-0.15, -0.1) is 0 Å². The number of hydrogen-bond acceptors (Lipinski definition) is 4. The van der Waals surface area contributed by atoms with Gasteiger partial charge in [0, 0.05) is 18.3 Å². The van der Waals surface area contributed by atoms with Gasteiger partial charge in [0.2, 0.25) is 0 Å². The third kappa shape index (κ3) is 3.08. The first-order valence-electron chi connectivity index (χ1n) is 4.93. The minimum absolute atomic E-state index is 0.0298. The van der Waals surface area contributed by atoms with Gasteiger partial charge in [-0.3, -0.25) is 9.59 Å². The molecule has 0 aromatic heterocycles. The SMILES string of the molecule is COC(=O)CN(C)c1ccc(C(C)=O)cc1. The van der Waals surface area contributed by atoms with Crippen LogP contribution in [0.4, 0.5) is 5.69 Å². The molecule has 0 radical (unpaired) electrons. The van der Waals surface area contributed by atoms with E-state index in [4.69, 9.17) is 0 Å². The first-order chi connectivity index (χ1) is 7.54. The molecule has 4 heteroatoms. The lowest BCUT2D eigenvalue weighted by atomic mass is 10.1. The molecule has 1 rings (SSSR count). The number of rotatable bonds is 4.